The molecule has 6 heteroatoms. The summed E-state index contributed by atoms with van der Waals surface area (Å²) in [6, 6.07) is 8.89. The highest BCUT2D eigenvalue weighted by Gasteiger charge is 2.11. The summed E-state index contributed by atoms with van der Waals surface area (Å²) in [5.41, 5.74) is 2.15. The van der Waals surface area contributed by atoms with Gasteiger partial charge in [0.1, 0.15) is 5.01 Å². The summed E-state index contributed by atoms with van der Waals surface area (Å²) in [6.45, 7) is 0. The molecular formula is C11H9BN2O2S. The highest BCUT2D eigenvalue weighted by Crippen LogP contribution is 2.21. The molecule has 0 bridgehead atoms. The van der Waals surface area contributed by atoms with E-state index in [1.165, 1.54) is 11.3 Å². The first kappa shape index (κ1) is 11.8. The Labute approximate surface area is 103 Å². The SMILES string of the molecule is N#CCc1nc(-c2ccc(B(O)O)cc2)cs1. The summed E-state index contributed by atoms with van der Waals surface area (Å²) in [5, 5.41) is 29.2. The molecule has 1 aromatic carbocycles. The molecule has 0 aliphatic carbocycles. The van der Waals surface area contributed by atoms with Crippen LogP contribution >= 0.6 is 11.3 Å². The summed E-state index contributed by atoms with van der Waals surface area (Å²) in [5.74, 6) is 0. The van der Waals surface area contributed by atoms with Crippen molar-refractivity contribution in [2.24, 2.45) is 0 Å². The van der Waals surface area contributed by atoms with E-state index in [-0.39, 0.29) is 0 Å². The number of thiazole rings is 1. The predicted octanol–water partition coefficient (Wildman–Crippen LogP) is 0.556. The number of aromatic nitrogens is 1. The van der Waals surface area contributed by atoms with Gasteiger partial charge in [-0.15, -0.1) is 11.3 Å². The second-order valence-electron chi connectivity index (χ2n) is 3.46. The summed E-state index contributed by atoms with van der Waals surface area (Å²) < 4.78 is 0. The first-order valence-electron chi connectivity index (χ1n) is 4.98. The molecule has 0 atom stereocenters. The number of nitriles is 1. The molecule has 0 amide bonds. The zero-order valence-corrected chi connectivity index (χ0v) is 9.68. The van der Waals surface area contributed by atoms with Gasteiger partial charge in [-0.1, -0.05) is 24.3 Å². The van der Waals surface area contributed by atoms with Gasteiger partial charge in [-0.25, -0.2) is 4.98 Å². The van der Waals surface area contributed by atoms with E-state index in [9.17, 15) is 0 Å². The van der Waals surface area contributed by atoms with E-state index < -0.39 is 7.12 Å². The summed E-state index contributed by atoms with van der Waals surface area (Å²) in [7, 11) is -1.45. The van der Waals surface area contributed by atoms with Crippen LogP contribution in [0.25, 0.3) is 11.3 Å². The first-order valence-corrected chi connectivity index (χ1v) is 5.86. The highest BCUT2D eigenvalue weighted by molar-refractivity contribution is 7.10. The fourth-order valence-electron chi connectivity index (χ4n) is 1.42. The van der Waals surface area contributed by atoms with Crippen molar-refractivity contribution in [3.8, 4) is 17.3 Å². The lowest BCUT2D eigenvalue weighted by atomic mass is 9.80. The van der Waals surface area contributed by atoms with Crippen molar-refractivity contribution in [1.29, 1.82) is 5.26 Å². The van der Waals surface area contributed by atoms with E-state index >= 15 is 0 Å². The molecule has 84 valence electrons. The van der Waals surface area contributed by atoms with Crippen LogP contribution in [-0.4, -0.2) is 22.2 Å². The lowest BCUT2D eigenvalue weighted by Crippen LogP contribution is -2.29. The Morgan fingerprint density at radius 1 is 1.29 bits per heavy atom. The van der Waals surface area contributed by atoms with Crippen molar-refractivity contribution < 1.29 is 10.0 Å². The molecule has 1 aromatic heterocycles. The van der Waals surface area contributed by atoms with Crippen LogP contribution in [0.1, 0.15) is 5.01 Å². The summed E-state index contributed by atoms with van der Waals surface area (Å²) in [6.07, 6.45) is 0.318. The smallest absolute Gasteiger partial charge is 0.423 e. The minimum absolute atomic E-state index is 0.318. The number of rotatable bonds is 3. The Kier molecular flexibility index (Phi) is 3.54. The molecule has 2 N–H and O–H groups in total. The molecule has 1 heterocycles. The van der Waals surface area contributed by atoms with Crippen LogP contribution in [0.4, 0.5) is 0 Å². The van der Waals surface area contributed by atoms with Crippen molar-refractivity contribution >= 4 is 23.9 Å². The minimum Gasteiger partial charge on any atom is -0.423 e. The van der Waals surface area contributed by atoms with Gasteiger partial charge in [0.15, 0.2) is 0 Å². The Balaban J connectivity index is 2.24. The first-order chi connectivity index (χ1) is 8.20. The summed E-state index contributed by atoms with van der Waals surface area (Å²) >= 11 is 1.45. The van der Waals surface area contributed by atoms with Crippen molar-refractivity contribution in [3.05, 3.63) is 34.7 Å². The van der Waals surface area contributed by atoms with Crippen molar-refractivity contribution in [3.63, 3.8) is 0 Å². The number of hydrogen-bond donors (Lipinski definition) is 2. The van der Waals surface area contributed by atoms with Gasteiger partial charge in [0.2, 0.25) is 0 Å². The number of nitrogens with zero attached hydrogens (tertiary/aromatic N) is 2. The Morgan fingerprint density at radius 2 is 2.00 bits per heavy atom. The Hall–Kier alpha value is -1.68. The van der Waals surface area contributed by atoms with Crippen LogP contribution in [-0.2, 0) is 6.42 Å². The zero-order valence-electron chi connectivity index (χ0n) is 8.87. The lowest BCUT2D eigenvalue weighted by Gasteiger charge is -2.00. The third-order valence-corrected chi connectivity index (χ3v) is 3.14. The second-order valence-corrected chi connectivity index (χ2v) is 4.40. The maximum absolute atomic E-state index is 8.97. The maximum Gasteiger partial charge on any atom is 0.488 e. The van der Waals surface area contributed by atoms with E-state index in [0.29, 0.717) is 11.9 Å². The van der Waals surface area contributed by atoms with E-state index in [1.807, 2.05) is 5.38 Å². The van der Waals surface area contributed by atoms with Crippen LogP contribution < -0.4 is 5.46 Å². The van der Waals surface area contributed by atoms with E-state index in [2.05, 4.69) is 11.1 Å². The molecule has 0 fully saturated rings. The molecule has 2 aromatic rings. The largest absolute Gasteiger partial charge is 0.488 e. The van der Waals surface area contributed by atoms with E-state index in [0.717, 1.165) is 16.3 Å². The van der Waals surface area contributed by atoms with Gasteiger partial charge in [-0.05, 0) is 5.46 Å². The minimum atomic E-state index is -1.45. The molecule has 0 saturated carbocycles. The zero-order chi connectivity index (χ0) is 12.3. The van der Waals surface area contributed by atoms with Crippen LogP contribution in [0.15, 0.2) is 29.6 Å². The van der Waals surface area contributed by atoms with Gasteiger partial charge in [0, 0.05) is 10.9 Å². The second kappa shape index (κ2) is 5.10. The van der Waals surface area contributed by atoms with Crippen molar-refractivity contribution in [2.45, 2.75) is 6.42 Å². The number of benzene rings is 1. The topological polar surface area (TPSA) is 77.1 Å². The van der Waals surface area contributed by atoms with Gasteiger partial charge < -0.3 is 10.0 Å². The van der Waals surface area contributed by atoms with Gasteiger partial charge in [-0.3, -0.25) is 0 Å². The summed E-state index contributed by atoms with van der Waals surface area (Å²) in [4.78, 5) is 4.32. The van der Waals surface area contributed by atoms with Gasteiger partial charge in [-0.2, -0.15) is 5.26 Å². The number of hydrogen-bond acceptors (Lipinski definition) is 5. The quantitative estimate of drug-likeness (QED) is 0.773. The molecule has 0 aliphatic heterocycles. The van der Waals surface area contributed by atoms with Crippen LogP contribution in [0.5, 0.6) is 0 Å². The highest BCUT2D eigenvalue weighted by atomic mass is 32.1. The van der Waals surface area contributed by atoms with Crippen LogP contribution in [0.3, 0.4) is 0 Å². The standard InChI is InChI=1S/C11H9BN2O2S/c13-6-5-11-14-10(7-17-11)8-1-3-9(4-2-8)12(15)16/h1-4,7,15-16H,5H2. The van der Waals surface area contributed by atoms with E-state index in [1.54, 1.807) is 24.3 Å². The lowest BCUT2D eigenvalue weighted by molar-refractivity contribution is 0.426. The van der Waals surface area contributed by atoms with E-state index in [4.69, 9.17) is 15.3 Å². The van der Waals surface area contributed by atoms with Gasteiger partial charge in [0.05, 0.1) is 18.2 Å². The molecule has 0 radical (unpaired) electrons. The molecule has 2 rings (SSSR count). The van der Waals surface area contributed by atoms with Gasteiger partial charge in [0.25, 0.3) is 0 Å². The molecule has 0 aliphatic rings. The fourth-order valence-corrected chi connectivity index (χ4v) is 2.15. The average Bonchev–Trinajstić information content (AvgIpc) is 2.78. The van der Waals surface area contributed by atoms with Crippen LogP contribution in [0, 0.1) is 11.3 Å². The Bertz CT molecular complexity index is 545. The predicted molar refractivity (Wildman–Crippen MR) is 66.7 cm³/mol. The molecule has 0 spiro atoms. The maximum atomic E-state index is 8.97. The van der Waals surface area contributed by atoms with Crippen molar-refractivity contribution in [1.82, 2.24) is 4.98 Å². The molecule has 0 unspecified atom stereocenters. The van der Waals surface area contributed by atoms with Crippen molar-refractivity contribution in [2.75, 3.05) is 0 Å². The molecule has 4 nitrogen and oxygen atoms in total. The average molecular weight is 244 g/mol. The molecule has 17 heavy (non-hydrogen) atoms. The Morgan fingerprint density at radius 3 is 2.59 bits per heavy atom. The molecule has 0 saturated heterocycles. The van der Waals surface area contributed by atoms with Crippen LogP contribution in [0.2, 0.25) is 0 Å². The third-order valence-electron chi connectivity index (χ3n) is 2.29. The monoisotopic (exact) mass is 244 g/mol. The fraction of sp³-hybridized carbons (Fsp3) is 0.0909. The normalized spacial score (nSPS) is 9.94. The van der Waals surface area contributed by atoms with Gasteiger partial charge >= 0.3 is 7.12 Å². The molecular weight excluding hydrogens is 235 g/mol. The third kappa shape index (κ3) is 2.71.